The van der Waals surface area contributed by atoms with Gasteiger partial charge in [0, 0.05) is 38.1 Å². The quantitative estimate of drug-likeness (QED) is 0.618. The van der Waals surface area contributed by atoms with E-state index in [1.807, 2.05) is 0 Å². The minimum Gasteiger partial charge on any atom is -0.300 e. The average molecular weight is 298 g/mol. The maximum absolute atomic E-state index is 12.5. The number of carbonyl (C=O) groups excluding carboxylic acids is 1. The Bertz CT molecular complexity index is 658. The number of non-ortho nitro benzene ring substituents is 1. The predicted molar refractivity (Wildman–Crippen MR) is 70.8 cm³/mol. The first kappa shape index (κ1) is 14.6. The van der Waals surface area contributed by atoms with Crippen LogP contribution in [0.1, 0.15) is 18.4 Å². The molecule has 0 bridgehead atoms. The summed E-state index contributed by atoms with van der Waals surface area (Å²) in [5.41, 5.74) is 0.190. The van der Waals surface area contributed by atoms with Gasteiger partial charge in [0.15, 0.2) is 0 Å². The largest absolute Gasteiger partial charge is 0.300 e. The molecular weight excluding hydrogens is 284 g/mol. The summed E-state index contributed by atoms with van der Waals surface area (Å²) in [4.78, 5) is 21.2. The summed E-state index contributed by atoms with van der Waals surface area (Å²) in [6.07, 6.45) is 0.375. The van der Waals surface area contributed by atoms with Gasteiger partial charge in [0.1, 0.15) is 5.78 Å². The SMILES string of the molecule is Cc1ccc([N+](=O)[O-])cc1S(=O)(=O)N1CCC(=O)CC1. The molecule has 0 atom stereocenters. The van der Waals surface area contributed by atoms with Crippen molar-refractivity contribution in [3.8, 4) is 0 Å². The summed E-state index contributed by atoms with van der Waals surface area (Å²) >= 11 is 0. The molecule has 1 aromatic rings. The number of rotatable bonds is 3. The van der Waals surface area contributed by atoms with E-state index in [0.29, 0.717) is 5.56 Å². The molecule has 108 valence electrons. The second-order valence-electron chi connectivity index (χ2n) is 4.65. The van der Waals surface area contributed by atoms with Crippen LogP contribution in [-0.2, 0) is 14.8 Å². The third-order valence-electron chi connectivity index (χ3n) is 3.28. The van der Waals surface area contributed by atoms with E-state index in [0.717, 1.165) is 6.07 Å². The summed E-state index contributed by atoms with van der Waals surface area (Å²) in [5, 5.41) is 10.8. The number of Topliss-reactive ketones (excluding diaryl/α,β-unsaturated/α-hetero) is 1. The number of nitro groups is 1. The first-order valence-electron chi connectivity index (χ1n) is 6.09. The minimum atomic E-state index is -3.80. The van der Waals surface area contributed by atoms with Gasteiger partial charge in [0.2, 0.25) is 10.0 Å². The van der Waals surface area contributed by atoms with E-state index in [9.17, 15) is 23.3 Å². The zero-order valence-electron chi connectivity index (χ0n) is 10.9. The minimum absolute atomic E-state index is 0.0345. The second-order valence-corrected chi connectivity index (χ2v) is 6.56. The number of piperidine rings is 1. The first-order valence-corrected chi connectivity index (χ1v) is 7.53. The fourth-order valence-corrected chi connectivity index (χ4v) is 3.78. The Hall–Kier alpha value is -1.80. The van der Waals surface area contributed by atoms with E-state index in [-0.39, 0.29) is 42.3 Å². The monoisotopic (exact) mass is 298 g/mol. The fourth-order valence-electron chi connectivity index (χ4n) is 2.10. The van der Waals surface area contributed by atoms with Crippen LogP contribution in [0.4, 0.5) is 5.69 Å². The van der Waals surface area contributed by atoms with E-state index in [2.05, 4.69) is 0 Å². The molecule has 7 nitrogen and oxygen atoms in total. The van der Waals surface area contributed by atoms with Crippen molar-refractivity contribution in [1.29, 1.82) is 0 Å². The Kier molecular flexibility index (Phi) is 3.87. The van der Waals surface area contributed by atoms with E-state index in [4.69, 9.17) is 0 Å². The van der Waals surface area contributed by atoms with Crippen LogP contribution in [0, 0.1) is 17.0 Å². The van der Waals surface area contributed by atoms with Crippen LogP contribution in [0.2, 0.25) is 0 Å². The third kappa shape index (κ3) is 2.70. The summed E-state index contributed by atoms with van der Waals surface area (Å²) < 4.78 is 26.2. The highest BCUT2D eigenvalue weighted by Gasteiger charge is 2.30. The van der Waals surface area contributed by atoms with Crippen LogP contribution < -0.4 is 0 Å². The normalized spacial score (nSPS) is 17.1. The van der Waals surface area contributed by atoms with Gasteiger partial charge < -0.3 is 0 Å². The summed E-state index contributed by atoms with van der Waals surface area (Å²) in [6.45, 7) is 1.85. The van der Waals surface area contributed by atoms with Crippen molar-refractivity contribution in [1.82, 2.24) is 4.31 Å². The van der Waals surface area contributed by atoms with Crippen molar-refractivity contribution in [3.63, 3.8) is 0 Å². The molecule has 0 unspecified atom stereocenters. The van der Waals surface area contributed by atoms with Gasteiger partial charge >= 0.3 is 0 Å². The van der Waals surface area contributed by atoms with E-state index in [1.54, 1.807) is 6.92 Å². The zero-order valence-corrected chi connectivity index (χ0v) is 11.7. The number of nitro benzene ring substituents is 1. The number of hydrogen-bond donors (Lipinski definition) is 0. The number of nitrogens with zero attached hydrogens (tertiary/aromatic N) is 2. The summed E-state index contributed by atoms with van der Waals surface area (Å²) in [6, 6.07) is 3.76. The van der Waals surface area contributed by atoms with Crippen molar-refractivity contribution in [2.45, 2.75) is 24.7 Å². The molecule has 8 heteroatoms. The van der Waals surface area contributed by atoms with Gasteiger partial charge in [-0.15, -0.1) is 0 Å². The lowest BCUT2D eigenvalue weighted by Gasteiger charge is -2.25. The molecule has 1 aliphatic heterocycles. The molecule has 0 aromatic heterocycles. The molecule has 1 fully saturated rings. The van der Waals surface area contributed by atoms with Crippen LogP contribution in [0.3, 0.4) is 0 Å². The zero-order chi connectivity index (χ0) is 14.9. The number of ketones is 1. The Labute approximate surface area is 116 Å². The fraction of sp³-hybridized carbons (Fsp3) is 0.417. The Balaban J connectivity index is 2.41. The molecule has 1 aliphatic rings. The standard InChI is InChI=1S/C12H14N2O5S/c1-9-2-3-10(14(16)17)8-12(9)20(18,19)13-6-4-11(15)5-7-13/h2-3,8H,4-7H2,1H3. The molecule has 1 saturated heterocycles. The molecule has 0 N–H and O–H groups in total. The van der Waals surface area contributed by atoms with Gasteiger partial charge in [-0.2, -0.15) is 4.31 Å². The lowest BCUT2D eigenvalue weighted by atomic mass is 10.1. The molecule has 2 rings (SSSR count). The Morgan fingerprint density at radius 3 is 2.40 bits per heavy atom. The van der Waals surface area contributed by atoms with Gasteiger partial charge in [-0.25, -0.2) is 8.42 Å². The van der Waals surface area contributed by atoms with Gasteiger partial charge in [-0.05, 0) is 12.5 Å². The van der Waals surface area contributed by atoms with Crippen molar-refractivity contribution < 1.29 is 18.1 Å². The van der Waals surface area contributed by atoms with Crippen LogP contribution in [0.5, 0.6) is 0 Å². The highest BCUT2D eigenvalue weighted by atomic mass is 32.2. The van der Waals surface area contributed by atoms with E-state index < -0.39 is 14.9 Å². The van der Waals surface area contributed by atoms with Crippen LogP contribution >= 0.6 is 0 Å². The number of hydrogen-bond acceptors (Lipinski definition) is 5. The second kappa shape index (κ2) is 5.29. The number of benzene rings is 1. The average Bonchev–Trinajstić information content (AvgIpc) is 2.39. The van der Waals surface area contributed by atoms with Crippen LogP contribution in [0.15, 0.2) is 23.1 Å². The maximum Gasteiger partial charge on any atom is 0.270 e. The third-order valence-corrected chi connectivity index (χ3v) is 5.32. The lowest BCUT2D eigenvalue weighted by molar-refractivity contribution is -0.385. The smallest absolute Gasteiger partial charge is 0.270 e. The van der Waals surface area contributed by atoms with Crippen LogP contribution in [0.25, 0.3) is 0 Å². The number of carbonyl (C=O) groups is 1. The molecule has 1 heterocycles. The highest BCUT2D eigenvalue weighted by Crippen LogP contribution is 2.26. The molecule has 0 saturated carbocycles. The van der Waals surface area contributed by atoms with E-state index >= 15 is 0 Å². The molecular formula is C12H14N2O5S. The van der Waals surface area contributed by atoms with Crippen LogP contribution in [-0.4, -0.2) is 36.5 Å². The maximum atomic E-state index is 12.5. The Morgan fingerprint density at radius 1 is 1.25 bits per heavy atom. The molecule has 0 spiro atoms. The van der Waals surface area contributed by atoms with Crippen molar-refractivity contribution in [2.24, 2.45) is 0 Å². The molecule has 0 radical (unpaired) electrons. The van der Waals surface area contributed by atoms with Crippen molar-refractivity contribution in [2.75, 3.05) is 13.1 Å². The number of aryl methyl sites for hydroxylation is 1. The topological polar surface area (TPSA) is 97.6 Å². The molecule has 20 heavy (non-hydrogen) atoms. The van der Waals surface area contributed by atoms with Gasteiger partial charge in [0.25, 0.3) is 5.69 Å². The summed E-state index contributed by atoms with van der Waals surface area (Å²) in [7, 11) is -3.80. The predicted octanol–water partition coefficient (Wildman–Crippen LogP) is 1.26. The van der Waals surface area contributed by atoms with Gasteiger partial charge in [0.05, 0.1) is 9.82 Å². The molecule has 0 aliphatic carbocycles. The Morgan fingerprint density at radius 2 is 1.85 bits per heavy atom. The van der Waals surface area contributed by atoms with Crippen molar-refractivity contribution in [3.05, 3.63) is 33.9 Å². The van der Waals surface area contributed by atoms with Crippen molar-refractivity contribution >= 4 is 21.5 Å². The van der Waals surface area contributed by atoms with Gasteiger partial charge in [-0.3, -0.25) is 14.9 Å². The van der Waals surface area contributed by atoms with E-state index in [1.165, 1.54) is 16.4 Å². The van der Waals surface area contributed by atoms with Gasteiger partial charge in [-0.1, -0.05) is 6.07 Å². The first-order chi connectivity index (χ1) is 9.32. The number of sulfonamides is 1. The highest BCUT2D eigenvalue weighted by molar-refractivity contribution is 7.89. The lowest BCUT2D eigenvalue weighted by Crippen LogP contribution is -2.38. The summed E-state index contributed by atoms with van der Waals surface area (Å²) in [5.74, 6) is 0.0345. The molecule has 1 aromatic carbocycles. The molecule has 0 amide bonds.